The molecular weight excluding hydrogens is 234 g/mol. The van der Waals surface area contributed by atoms with Crippen LogP contribution in [0.5, 0.6) is 0 Å². The predicted octanol–water partition coefficient (Wildman–Crippen LogP) is 3.86. The highest BCUT2D eigenvalue weighted by molar-refractivity contribution is 5.95. The minimum absolute atomic E-state index is 0.0738. The van der Waals surface area contributed by atoms with E-state index >= 15 is 0 Å². The Kier molecular flexibility index (Phi) is 3.46. The maximum Gasteiger partial charge on any atom is 0.157 e. The topological polar surface area (TPSA) is 20.3 Å². The third-order valence-corrected chi connectivity index (χ3v) is 4.56. The molecule has 0 N–H and O–H groups in total. The molecule has 0 saturated heterocycles. The van der Waals surface area contributed by atoms with Crippen molar-refractivity contribution in [1.29, 1.82) is 0 Å². The molecule has 0 aromatic carbocycles. The van der Waals surface area contributed by atoms with Gasteiger partial charge in [-0.1, -0.05) is 26.3 Å². The third kappa shape index (κ3) is 1.89. The van der Waals surface area contributed by atoms with Crippen molar-refractivity contribution in [2.45, 2.75) is 47.0 Å². The molecule has 0 amide bonds. The Morgan fingerprint density at radius 3 is 2.37 bits per heavy atom. The molecule has 2 rings (SSSR count). The Morgan fingerprint density at radius 1 is 1.26 bits per heavy atom. The largest absolute Gasteiger partial charge is 0.377 e. The molecule has 2 aliphatic rings. The fraction of sp³-hybridized carbons (Fsp3) is 0.588. The number of ketones is 1. The maximum absolute atomic E-state index is 12.0. The molecular formula is C17H25NO. The van der Waals surface area contributed by atoms with E-state index in [-0.39, 0.29) is 11.2 Å². The van der Waals surface area contributed by atoms with Gasteiger partial charge in [0.1, 0.15) is 0 Å². The van der Waals surface area contributed by atoms with Gasteiger partial charge in [0.15, 0.2) is 5.78 Å². The van der Waals surface area contributed by atoms with Crippen molar-refractivity contribution in [3.05, 3.63) is 34.1 Å². The van der Waals surface area contributed by atoms with Crippen LogP contribution in [0.25, 0.3) is 0 Å². The highest BCUT2D eigenvalue weighted by atomic mass is 16.1. The van der Waals surface area contributed by atoms with E-state index in [1.165, 1.54) is 22.4 Å². The summed E-state index contributed by atoms with van der Waals surface area (Å²) in [4.78, 5) is 14.2. The molecule has 2 heteroatoms. The van der Waals surface area contributed by atoms with Crippen LogP contribution in [-0.4, -0.2) is 24.8 Å². The van der Waals surface area contributed by atoms with Crippen LogP contribution in [0, 0.1) is 5.41 Å². The Bertz CT molecular complexity index is 519. The molecule has 0 heterocycles. The summed E-state index contributed by atoms with van der Waals surface area (Å²) in [6, 6.07) is 0. The molecule has 19 heavy (non-hydrogen) atoms. The summed E-state index contributed by atoms with van der Waals surface area (Å²) in [7, 11) is 4.22. The van der Waals surface area contributed by atoms with E-state index in [0.717, 1.165) is 18.4 Å². The van der Waals surface area contributed by atoms with E-state index < -0.39 is 0 Å². The van der Waals surface area contributed by atoms with Gasteiger partial charge in [-0.3, -0.25) is 4.79 Å². The normalized spacial score (nSPS) is 26.8. The average molecular weight is 259 g/mol. The van der Waals surface area contributed by atoms with Gasteiger partial charge in [-0.05, 0) is 42.6 Å². The van der Waals surface area contributed by atoms with Gasteiger partial charge < -0.3 is 4.90 Å². The Labute approximate surface area is 116 Å². The maximum atomic E-state index is 12.0. The fourth-order valence-corrected chi connectivity index (χ4v) is 4.05. The number of hydrogen-bond donors (Lipinski definition) is 0. The molecule has 0 spiro atoms. The smallest absolute Gasteiger partial charge is 0.157 e. The van der Waals surface area contributed by atoms with E-state index in [1.807, 2.05) is 6.08 Å². The van der Waals surface area contributed by atoms with Crippen LogP contribution in [0.4, 0.5) is 0 Å². The van der Waals surface area contributed by atoms with Gasteiger partial charge >= 0.3 is 0 Å². The first-order valence-corrected chi connectivity index (χ1v) is 7.23. The molecule has 0 aromatic rings. The van der Waals surface area contributed by atoms with Crippen molar-refractivity contribution in [2.75, 3.05) is 14.1 Å². The van der Waals surface area contributed by atoms with Crippen LogP contribution in [0.1, 0.15) is 47.0 Å². The summed E-state index contributed by atoms with van der Waals surface area (Å²) >= 11 is 0. The number of carbonyl (C=O) groups excluding carboxylic acids is 1. The quantitative estimate of drug-likeness (QED) is 0.767. The van der Waals surface area contributed by atoms with Crippen molar-refractivity contribution >= 4 is 5.78 Å². The number of fused-ring (bicyclic) bond motifs is 1. The van der Waals surface area contributed by atoms with Crippen molar-refractivity contribution in [3.63, 3.8) is 0 Å². The monoisotopic (exact) mass is 259 g/mol. The predicted molar refractivity (Wildman–Crippen MR) is 79.8 cm³/mol. The van der Waals surface area contributed by atoms with E-state index in [2.05, 4.69) is 46.7 Å². The van der Waals surface area contributed by atoms with Gasteiger partial charge in [-0.15, -0.1) is 0 Å². The minimum atomic E-state index is -0.0738. The second-order valence-electron chi connectivity index (χ2n) is 6.08. The average Bonchev–Trinajstić information content (AvgIpc) is 2.56. The molecule has 2 nitrogen and oxygen atoms in total. The van der Waals surface area contributed by atoms with Gasteiger partial charge in [0.05, 0.1) is 0 Å². The summed E-state index contributed by atoms with van der Waals surface area (Å²) in [6.45, 7) is 8.77. The van der Waals surface area contributed by atoms with E-state index in [4.69, 9.17) is 0 Å². The first-order valence-electron chi connectivity index (χ1n) is 7.23. The molecule has 0 radical (unpaired) electrons. The van der Waals surface area contributed by atoms with Crippen LogP contribution in [0.2, 0.25) is 0 Å². The van der Waals surface area contributed by atoms with Crippen LogP contribution >= 0.6 is 0 Å². The molecule has 0 saturated carbocycles. The van der Waals surface area contributed by atoms with Gasteiger partial charge in [-0.2, -0.15) is 0 Å². The van der Waals surface area contributed by atoms with Gasteiger partial charge in [0, 0.05) is 31.6 Å². The van der Waals surface area contributed by atoms with Gasteiger partial charge in [-0.25, -0.2) is 0 Å². The van der Waals surface area contributed by atoms with Crippen LogP contribution < -0.4 is 0 Å². The highest BCUT2D eigenvalue weighted by Gasteiger charge is 2.46. The van der Waals surface area contributed by atoms with E-state index in [9.17, 15) is 4.79 Å². The van der Waals surface area contributed by atoms with E-state index in [0.29, 0.717) is 6.42 Å². The highest BCUT2D eigenvalue weighted by Crippen LogP contribution is 2.55. The molecule has 1 unspecified atom stereocenters. The lowest BCUT2D eigenvalue weighted by molar-refractivity contribution is -0.116. The lowest BCUT2D eigenvalue weighted by Crippen LogP contribution is -2.28. The lowest BCUT2D eigenvalue weighted by atomic mass is 9.68. The third-order valence-electron chi connectivity index (χ3n) is 4.56. The number of nitrogens with zero attached hydrogens (tertiary/aromatic N) is 1. The van der Waals surface area contributed by atoms with Gasteiger partial charge in [0.25, 0.3) is 0 Å². The van der Waals surface area contributed by atoms with Crippen LogP contribution in [0.15, 0.2) is 34.1 Å². The van der Waals surface area contributed by atoms with Gasteiger partial charge in [0.2, 0.25) is 0 Å². The first kappa shape index (κ1) is 14.1. The second kappa shape index (κ2) is 4.66. The lowest BCUT2D eigenvalue weighted by Gasteiger charge is -2.35. The minimum Gasteiger partial charge on any atom is -0.377 e. The van der Waals surface area contributed by atoms with Crippen molar-refractivity contribution in [1.82, 2.24) is 4.90 Å². The number of rotatable bonds is 3. The number of likely N-dealkylation sites (N-methyl/N-ethyl adjacent to an activating group) is 1. The summed E-state index contributed by atoms with van der Waals surface area (Å²) in [5.41, 5.74) is 6.72. The summed E-state index contributed by atoms with van der Waals surface area (Å²) < 4.78 is 0. The van der Waals surface area contributed by atoms with Crippen molar-refractivity contribution in [3.8, 4) is 0 Å². The van der Waals surface area contributed by atoms with Crippen LogP contribution in [0.3, 0.4) is 0 Å². The second-order valence-corrected chi connectivity index (χ2v) is 6.08. The summed E-state index contributed by atoms with van der Waals surface area (Å²) in [5.74, 6) is 0.269. The first-order chi connectivity index (χ1) is 8.86. The molecule has 0 aliphatic heterocycles. The van der Waals surface area contributed by atoms with E-state index in [1.54, 1.807) is 0 Å². The Morgan fingerprint density at radius 2 is 1.89 bits per heavy atom. The van der Waals surface area contributed by atoms with Crippen molar-refractivity contribution < 1.29 is 4.79 Å². The molecule has 0 bridgehead atoms. The van der Waals surface area contributed by atoms with Crippen LogP contribution in [-0.2, 0) is 4.79 Å². The zero-order valence-electron chi connectivity index (χ0n) is 13.1. The SMILES string of the molecule is CCC1=C(CC)C2(C)CC(=O)C=C(C)C2=C1N(C)C. The summed E-state index contributed by atoms with van der Waals surface area (Å²) in [6.07, 6.45) is 4.52. The van der Waals surface area contributed by atoms with Crippen molar-refractivity contribution in [2.24, 2.45) is 5.41 Å². The standard InChI is InChI=1S/C17H25NO/c1-7-13-14(8-2)17(4)10-12(19)9-11(3)15(17)16(13)18(5)6/h9H,7-8,10H2,1-6H3. The molecule has 104 valence electrons. The Balaban J connectivity index is 2.76. The number of carbonyl (C=O) groups is 1. The fourth-order valence-electron chi connectivity index (χ4n) is 4.05. The number of allylic oxidation sites excluding steroid dienone is 5. The summed E-state index contributed by atoms with van der Waals surface area (Å²) in [5, 5.41) is 0. The number of hydrogen-bond acceptors (Lipinski definition) is 2. The molecule has 0 fully saturated rings. The molecule has 2 aliphatic carbocycles. The zero-order chi connectivity index (χ0) is 14.4. The zero-order valence-corrected chi connectivity index (χ0v) is 13.1. The molecule has 0 aromatic heterocycles. The Hall–Kier alpha value is -1.31. The molecule has 1 atom stereocenters.